The molecule has 2 unspecified atom stereocenters. The fraction of sp³-hybridized carbons (Fsp3) is 0.533. The number of nitrogens with one attached hydrogen (secondary N) is 1. The summed E-state index contributed by atoms with van der Waals surface area (Å²) in [5, 5.41) is 13.1. The lowest BCUT2D eigenvalue weighted by molar-refractivity contribution is 0.162. The van der Waals surface area contributed by atoms with Crippen LogP contribution in [0.2, 0.25) is 0 Å². The fourth-order valence-corrected chi connectivity index (χ4v) is 3.70. The van der Waals surface area contributed by atoms with E-state index in [2.05, 4.69) is 11.4 Å². The van der Waals surface area contributed by atoms with Crippen LogP contribution in [0.1, 0.15) is 18.4 Å². The molecule has 1 heterocycles. The van der Waals surface area contributed by atoms with E-state index in [1.54, 1.807) is 0 Å². The summed E-state index contributed by atoms with van der Waals surface area (Å²) in [5.74, 6) is 0.690. The van der Waals surface area contributed by atoms with Crippen LogP contribution in [0.3, 0.4) is 0 Å². The summed E-state index contributed by atoms with van der Waals surface area (Å²) in [6, 6.07) is 9.22. The molecule has 1 aromatic rings. The summed E-state index contributed by atoms with van der Waals surface area (Å²) in [6.45, 7) is 1.90. The number of piperidine rings is 1. The summed E-state index contributed by atoms with van der Waals surface area (Å²) in [5.41, 5.74) is 0.847. The Morgan fingerprint density at radius 2 is 1.79 bits per heavy atom. The summed E-state index contributed by atoms with van der Waals surface area (Å²) in [4.78, 5) is 0. The van der Waals surface area contributed by atoms with E-state index in [1.807, 2.05) is 12.1 Å². The van der Waals surface area contributed by atoms with Crippen LogP contribution in [0, 0.1) is 34.4 Å². The van der Waals surface area contributed by atoms with Crippen molar-refractivity contribution in [2.24, 2.45) is 17.3 Å². The van der Waals surface area contributed by atoms with Crippen molar-refractivity contribution in [1.29, 1.82) is 5.26 Å². The van der Waals surface area contributed by atoms with Crippen LogP contribution in [-0.4, -0.2) is 13.1 Å². The molecule has 3 rings (SSSR count). The van der Waals surface area contributed by atoms with Gasteiger partial charge in [-0.1, -0.05) is 12.1 Å². The topological polar surface area (TPSA) is 35.8 Å². The molecule has 1 N–H and O–H groups in total. The Balaban J connectivity index is 0.00000133. The number of rotatable bonds is 2. The van der Waals surface area contributed by atoms with Crippen molar-refractivity contribution in [2.45, 2.75) is 19.3 Å². The van der Waals surface area contributed by atoms with E-state index < -0.39 is 0 Å². The molecule has 2 atom stereocenters. The standard InChI is InChI=1S/C15H17FN2.ClH/c16-14-5-1-11(2-6-14)7-15(10-17)12-3-4-13(15)9-18-8-12;/h1-2,5-6,12-13,18H,3-4,7-9H2;1H. The predicted octanol–water partition coefficient (Wildman–Crippen LogP) is 2.93. The molecule has 1 saturated heterocycles. The van der Waals surface area contributed by atoms with Crippen LogP contribution in [0.15, 0.2) is 24.3 Å². The second kappa shape index (κ2) is 5.48. The summed E-state index contributed by atoms with van der Waals surface area (Å²) < 4.78 is 12.9. The highest BCUT2D eigenvalue weighted by Gasteiger charge is 2.52. The van der Waals surface area contributed by atoms with E-state index in [4.69, 9.17) is 0 Å². The smallest absolute Gasteiger partial charge is 0.123 e. The molecule has 1 aliphatic carbocycles. The van der Waals surface area contributed by atoms with Crippen LogP contribution in [0.25, 0.3) is 0 Å². The average Bonchev–Trinajstić information content (AvgIpc) is 2.58. The minimum Gasteiger partial charge on any atom is -0.316 e. The van der Waals surface area contributed by atoms with Crippen molar-refractivity contribution in [1.82, 2.24) is 5.32 Å². The molecule has 0 amide bonds. The van der Waals surface area contributed by atoms with Crippen molar-refractivity contribution in [2.75, 3.05) is 13.1 Å². The van der Waals surface area contributed by atoms with E-state index in [0.717, 1.165) is 37.9 Å². The van der Waals surface area contributed by atoms with Gasteiger partial charge in [0.25, 0.3) is 0 Å². The predicted molar refractivity (Wildman–Crippen MR) is 74.5 cm³/mol. The van der Waals surface area contributed by atoms with Crippen molar-refractivity contribution in [3.05, 3.63) is 35.6 Å². The van der Waals surface area contributed by atoms with Gasteiger partial charge in [0.15, 0.2) is 0 Å². The van der Waals surface area contributed by atoms with Gasteiger partial charge in [-0.25, -0.2) is 4.39 Å². The van der Waals surface area contributed by atoms with Crippen molar-refractivity contribution < 1.29 is 4.39 Å². The van der Waals surface area contributed by atoms with Crippen LogP contribution < -0.4 is 5.32 Å². The second-order valence-corrected chi connectivity index (χ2v) is 5.58. The van der Waals surface area contributed by atoms with Gasteiger partial charge in [0, 0.05) is 0 Å². The van der Waals surface area contributed by atoms with E-state index >= 15 is 0 Å². The highest BCUT2D eigenvalue weighted by Crippen LogP contribution is 2.51. The van der Waals surface area contributed by atoms with Gasteiger partial charge in [0.2, 0.25) is 0 Å². The maximum Gasteiger partial charge on any atom is 0.123 e. The zero-order chi connectivity index (χ0) is 12.6. The third-order valence-electron chi connectivity index (χ3n) is 4.72. The summed E-state index contributed by atoms with van der Waals surface area (Å²) in [6.07, 6.45) is 3.06. The second-order valence-electron chi connectivity index (χ2n) is 5.58. The van der Waals surface area contributed by atoms with Crippen LogP contribution in [-0.2, 0) is 6.42 Å². The molecule has 0 aromatic heterocycles. The molecule has 2 bridgehead atoms. The average molecular weight is 281 g/mol. The van der Waals surface area contributed by atoms with E-state index in [0.29, 0.717) is 11.8 Å². The van der Waals surface area contributed by atoms with Crippen LogP contribution in [0.4, 0.5) is 4.39 Å². The first kappa shape index (κ1) is 14.3. The highest BCUT2D eigenvalue weighted by atomic mass is 35.5. The molecule has 4 heteroatoms. The lowest BCUT2D eigenvalue weighted by Gasteiger charge is -2.38. The molecular weight excluding hydrogens is 263 g/mol. The SMILES string of the molecule is Cl.N#CC1(Cc2ccc(F)cc2)C2CCC1CNC2. The first-order valence-corrected chi connectivity index (χ1v) is 6.61. The minimum absolute atomic E-state index is 0. The number of halogens is 2. The van der Waals surface area contributed by atoms with Crippen molar-refractivity contribution >= 4 is 12.4 Å². The van der Waals surface area contributed by atoms with Gasteiger partial charge in [0.05, 0.1) is 11.5 Å². The molecule has 0 spiro atoms. The van der Waals surface area contributed by atoms with E-state index in [1.165, 1.54) is 12.1 Å². The third kappa shape index (κ3) is 2.35. The fourth-order valence-electron chi connectivity index (χ4n) is 3.70. The Hall–Kier alpha value is -1.11. The number of fused-ring (bicyclic) bond motifs is 2. The number of nitrogens with zero attached hydrogens (tertiary/aromatic N) is 1. The van der Waals surface area contributed by atoms with Gasteiger partial charge < -0.3 is 5.32 Å². The van der Waals surface area contributed by atoms with Crippen molar-refractivity contribution in [3.63, 3.8) is 0 Å². The summed E-state index contributed by atoms with van der Waals surface area (Å²) in [7, 11) is 0. The highest BCUT2D eigenvalue weighted by molar-refractivity contribution is 5.85. The first-order valence-electron chi connectivity index (χ1n) is 6.61. The van der Waals surface area contributed by atoms with Crippen LogP contribution >= 0.6 is 12.4 Å². The Morgan fingerprint density at radius 3 is 2.32 bits per heavy atom. The lowest BCUT2D eigenvalue weighted by atomic mass is 9.67. The van der Waals surface area contributed by atoms with Gasteiger partial charge in [-0.05, 0) is 61.9 Å². The monoisotopic (exact) mass is 280 g/mol. The Morgan fingerprint density at radius 1 is 1.21 bits per heavy atom. The van der Waals surface area contributed by atoms with Gasteiger partial charge in [-0.2, -0.15) is 5.26 Å². The normalized spacial score (nSPS) is 32.4. The number of nitriles is 1. The van der Waals surface area contributed by atoms with Crippen molar-refractivity contribution in [3.8, 4) is 6.07 Å². The zero-order valence-electron chi connectivity index (χ0n) is 10.7. The molecule has 0 radical (unpaired) electrons. The molecule has 1 saturated carbocycles. The number of hydrogen-bond donors (Lipinski definition) is 1. The largest absolute Gasteiger partial charge is 0.316 e. The van der Waals surface area contributed by atoms with E-state index in [9.17, 15) is 9.65 Å². The Kier molecular flexibility index (Phi) is 4.13. The molecular formula is C15H18ClFN2. The van der Waals surface area contributed by atoms with Gasteiger partial charge in [-0.15, -0.1) is 12.4 Å². The number of benzene rings is 1. The third-order valence-corrected chi connectivity index (χ3v) is 4.72. The van der Waals surface area contributed by atoms with Crippen LogP contribution in [0.5, 0.6) is 0 Å². The Labute approximate surface area is 119 Å². The van der Waals surface area contributed by atoms with Gasteiger partial charge in [0.1, 0.15) is 5.82 Å². The molecule has 2 nitrogen and oxygen atoms in total. The van der Waals surface area contributed by atoms with Gasteiger partial charge in [-0.3, -0.25) is 0 Å². The molecule has 2 aliphatic rings. The lowest BCUT2D eigenvalue weighted by Crippen LogP contribution is -2.47. The molecule has 19 heavy (non-hydrogen) atoms. The van der Waals surface area contributed by atoms with E-state index in [-0.39, 0.29) is 23.6 Å². The molecule has 2 fully saturated rings. The Bertz CT molecular complexity index is 464. The minimum atomic E-state index is -0.233. The molecule has 1 aromatic carbocycles. The number of hydrogen-bond acceptors (Lipinski definition) is 2. The maximum absolute atomic E-state index is 12.9. The first-order chi connectivity index (χ1) is 8.74. The molecule has 102 valence electrons. The zero-order valence-corrected chi connectivity index (χ0v) is 11.5. The van der Waals surface area contributed by atoms with Gasteiger partial charge >= 0.3 is 0 Å². The maximum atomic E-state index is 12.9. The quantitative estimate of drug-likeness (QED) is 0.904. The summed E-state index contributed by atoms with van der Waals surface area (Å²) >= 11 is 0. The molecule has 1 aliphatic heterocycles.